The Bertz CT molecular complexity index is 575. The third-order valence-electron chi connectivity index (χ3n) is 3.58. The van der Waals surface area contributed by atoms with Crippen molar-refractivity contribution in [1.29, 1.82) is 0 Å². The first-order valence-electron chi connectivity index (χ1n) is 7.11. The number of nitrogens with one attached hydrogen (secondary N) is 2. The van der Waals surface area contributed by atoms with Crippen molar-refractivity contribution in [1.82, 2.24) is 15.3 Å². The van der Waals surface area contributed by atoms with Gasteiger partial charge in [-0.2, -0.15) is 0 Å². The number of hydrogen-bond acceptors (Lipinski definition) is 3. The third kappa shape index (κ3) is 3.02. The quantitative estimate of drug-likeness (QED) is 0.821. The summed E-state index contributed by atoms with van der Waals surface area (Å²) in [4.78, 5) is 7.13. The zero-order chi connectivity index (χ0) is 14.0. The maximum Gasteiger partial charge on any atom is 0.123 e. The van der Waals surface area contributed by atoms with Gasteiger partial charge in [-0.05, 0) is 31.0 Å². The Kier molecular flexibility index (Phi) is 3.49. The van der Waals surface area contributed by atoms with Crippen molar-refractivity contribution in [2.75, 3.05) is 6.54 Å². The second-order valence-electron chi connectivity index (χ2n) is 5.98. The number of aromatic amines is 1. The summed E-state index contributed by atoms with van der Waals surface area (Å²) in [6, 6.07) is 6.49. The van der Waals surface area contributed by atoms with Crippen LogP contribution in [0.25, 0.3) is 0 Å². The minimum atomic E-state index is -0.0605. The highest BCUT2D eigenvalue weighted by molar-refractivity contribution is 5.41. The monoisotopic (exact) mass is 271 g/mol. The molecule has 0 radical (unpaired) electrons. The van der Waals surface area contributed by atoms with E-state index in [4.69, 9.17) is 4.74 Å². The first kappa shape index (κ1) is 13.2. The van der Waals surface area contributed by atoms with Crippen LogP contribution in [0.4, 0.5) is 0 Å². The van der Waals surface area contributed by atoms with Crippen molar-refractivity contribution >= 4 is 0 Å². The molecule has 2 heterocycles. The Morgan fingerprint density at radius 2 is 2.30 bits per heavy atom. The minimum absolute atomic E-state index is 0.0605. The number of aromatic nitrogens is 2. The van der Waals surface area contributed by atoms with Gasteiger partial charge in [0.25, 0.3) is 0 Å². The molecule has 4 heteroatoms. The molecule has 0 saturated heterocycles. The van der Waals surface area contributed by atoms with Gasteiger partial charge in [-0.25, -0.2) is 4.98 Å². The fourth-order valence-electron chi connectivity index (χ4n) is 2.65. The summed E-state index contributed by atoms with van der Waals surface area (Å²) >= 11 is 0. The average molecular weight is 271 g/mol. The van der Waals surface area contributed by atoms with Crippen molar-refractivity contribution in [2.24, 2.45) is 0 Å². The second kappa shape index (κ2) is 5.29. The molecule has 1 aromatic carbocycles. The molecule has 0 fully saturated rings. The van der Waals surface area contributed by atoms with Crippen LogP contribution in [0.2, 0.25) is 0 Å². The van der Waals surface area contributed by atoms with Gasteiger partial charge in [0, 0.05) is 37.8 Å². The van der Waals surface area contributed by atoms with Gasteiger partial charge >= 0.3 is 0 Å². The first-order chi connectivity index (χ1) is 9.62. The first-order valence-corrected chi connectivity index (χ1v) is 7.11. The van der Waals surface area contributed by atoms with E-state index in [0.29, 0.717) is 0 Å². The molecule has 0 amide bonds. The van der Waals surface area contributed by atoms with E-state index in [9.17, 15) is 0 Å². The Morgan fingerprint density at radius 1 is 1.40 bits per heavy atom. The smallest absolute Gasteiger partial charge is 0.123 e. The molecule has 1 aromatic heterocycles. The number of ether oxygens (including phenoxy) is 1. The van der Waals surface area contributed by atoms with E-state index in [-0.39, 0.29) is 5.60 Å². The molecule has 2 aromatic rings. The van der Waals surface area contributed by atoms with Crippen LogP contribution in [0, 0.1) is 0 Å². The van der Waals surface area contributed by atoms with Gasteiger partial charge in [0.05, 0.1) is 6.33 Å². The number of rotatable bonds is 5. The Balaban J connectivity index is 1.52. The summed E-state index contributed by atoms with van der Waals surface area (Å²) in [6.45, 7) is 6.10. The lowest BCUT2D eigenvalue weighted by Gasteiger charge is -2.16. The van der Waals surface area contributed by atoms with Crippen LogP contribution < -0.4 is 10.1 Å². The average Bonchev–Trinajstić information content (AvgIpc) is 2.99. The van der Waals surface area contributed by atoms with Crippen LogP contribution in [-0.2, 0) is 19.4 Å². The van der Waals surface area contributed by atoms with Crippen LogP contribution >= 0.6 is 0 Å². The lowest BCUT2D eigenvalue weighted by atomic mass is 10.0. The van der Waals surface area contributed by atoms with E-state index in [2.05, 4.69) is 47.3 Å². The van der Waals surface area contributed by atoms with Crippen LogP contribution in [0.1, 0.15) is 30.7 Å². The molecular weight excluding hydrogens is 250 g/mol. The molecule has 0 aliphatic carbocycles. The SMILES string of the molecule is CC1(C)Cc2cc(CNCCc3cnc[nH]3)ccc2O1. The van der Waals surface area contributed by atoms with E-state index in [1.54, 1.807) is 6.33 Å². The van der Waals surface area contributed by atoms with Gasteiger partial charge < -0.3 is 15.0 Å². The molecule has 20 heavy (non-hydrogen) atoms. The molecule has 0 unspecified atom stereocenters. The highest BCUT2D eigenvalue weighted by Crippen LogP contribution is 2.35. The Labute approximate surface area is 119 Å². The molecule has 0 spiro atoms. The zero-order valence-electron chi connectivity index (χ0n) is 12.1. The van der Waals surface area contributed by atoms with E-state index >= 15 is 0 Å². The fourth-order valence-corrected chi connectivity index (χ4v) is 2.65. The number of fused-ring (bicyclic) bond motifs is 1. The number of benzene rings is 1. The Morgan fingerprint density at radius 3 is 3.10 bits per heavy atom. The fraction of sp³-hybridized carbons (Fsp3) is 0.438. The highest BCUT2D eigenvalue weighted by Gasteiger charge is 2.29. The summed E-state index contributed by atoms with van der Waals surface area (Å²) in [5.41, 5.74) is 3.74. The summed E-state index contributed by atoms with van der Waals surface area (Å²) in [5.74, 6) is 1.04. The Hall–Kier alpha value is -1.81. The molecule has 0 bridgehead atoms. The standard InChI is InChI=1S/C16H21N3O/c1-16(2)8-13-7-12(3-4-15(13)20-16)9-17-6-5-14-10-18-11-19-14/h3-4,7,10-11,17H,5-6,8-9H2,1-2H3,(H,18,19). The summed E-state index contributed by atoms with van der Waals surface area (Å²) in [6.07, 6.45) is 5.56. The second-order valence-corrected chi connectivity index (χ2v) is 5.98. The number of H-pyrrole nitrogens is 1. The van der Waals surface area contributed by atoms with Gasteiger partial charge in [-0.15, -0.1) is 0 Å². The number of imidazole rings is 1. The van der Waals surface area contributed by atoms with Crippen molar-refractivity contribution < 1.29 is 4.74 Å². The largest absolute Gasteiger partial charge is 0.487 e. The highest BCUT2D eigenvalue weighted by atomic mass is 16.5. The van der Waals surface area contributed by atoms with Crippen LogP contribution in [0.15, 0.2) is 30.7 Å². The third-order valence-corrected chi connectivity index (χ3v) is 3.58. The van der Waals surface area contributed by atoms with Gasteiger partial charge in [0.1, 0.15) is 11.4 Å². The maximum atomic E-state index is 5.89. The van der Waals surface area contributed by atoms with E-state index in [1.165, 1.54) is 16.8 Å². The molecule has 4 nitrogen and oxygen atoms in total. The van der Waals surface area contributed by atoms with Crippen LogP contribution in [-0.4, -0.2) is 22.1 Å². The van der Waals surface area contributed by atoms with Crippen LogP contribution in [0.3, 0.4) is 0 Å². The van der Waals surface area contributed by atoms with Gasteiger partial charge in [-0.1, -0.05) is 12.1 Å². The normalized spacial score (nSPS) is 15.9. The lowest BCUT2D eigenvalue weighted by Crippen LogP contribution is -2.24. The molecule has 1 aliphatic heterocycles. The summed E-state index contributed by atoms with van der Waals surface area (Å²) < 4.78 is 5.89. The molecule has 0 saturated carbocycles. The summed E-state index contributed by atoms with van der Waals surface area (Å²) in [7, 11) is 0. The predicted octanol–water partition coefficient (Wildman–Crippen LogP) is 2.46. The molecule has 2 N–H and O–H groups in total. The number of hydrogen-bond donors (Lipinski definition) is 2. The molecule has 106 valence electrons. The molecule has 0 atom stereocenters. The molecule has 1 aliphatic rings. The van der Waals surface area contributed by atoms with Crippen molar-refractivity contribution in [2.45, 2.75) is 38.8 Å². The number of nitrogens with zero attached hydrogens (tertiary/aromatic N) is 1. The van der Waals surface area contributed by atoms with Crippen molar-refractivity contribution in [3.8, 4) is 5.75 Å². The molecule has 3 rings (SSSR count). The van der Waals surface area contributed by atoms with Crippen LogP contribution in [0.5, 0.6) is 5.75 Å². The maximum absolute atomic E-state index is 5.89. The zero-order valence-corrected chi connectivity index (χ0v) is 12.1. The van der Waals surface area contributed by atoms with Gasteiger partial charge in [0.15, 0.2) is 0 Å². The van der Waals surface area contributed by atoms with Gasteiger partial charge in [-0.3, -0.25) is 0 Å². The van der Waals surface area contributed by atoms with E-state index < -0.39 is 0 Å². The van der Waals surface area contributed by atoms with Gasteiger partial charge in [0.2, 0.25) is 0 Å². The van der Waals surface area contributed by atoms with E-state index in [0.717, 1.165) is 31.7 Å². The van der Waals surface area contributed by atoms with E-state index in [1.807, 2.05) is 6.20 Å². The molecular formula is C16H21N3O. The van der Waals surface area contributed by atoms with Crippen molar-refractivity contribution in [3.63, 3.8) is 0 Å². The summed E-state index contributed by atoms with van der Waals surface area (Å²) in [5, 5.41) is 3.46. The lowest BCUT2D eigenvalue weighted by molar-refractivity contribution is 0.138. The minimum Gasteiger partial charge on any atom is -0.487 e. The van der Waals surface area contributed by atoms with Crippen molar-refractivity contribution in [3.05, 3.63) is 47.5 Å². The predicted molar refractivity (Wildman–Crippen MR) is 78.9 cm³/mol. The topological polar surface area (TPSA) is 49.9 Å².